The molecule has 0 N–H and O–H groups in total. The van der Waals surface area contributed by atoms with Crippen molar-refractivity contribution in [3.63, 3.8) is 0 Å². The predicted octanol–water partition coefficient (Wildman–Crippen LogP) is 13.9. The van der Waals surface area contributed by atoms with Crippen LogP contribution in [0.4, 0.5) is 0 Å². The smallest absolute Gasteiger partial charge is 0.481 e. The van der Waals surface area contributed by atoms with Gasteiger partial charge in [-0.05, 0) is 97.1 Å². The Morgan fingerprint density at radius 3 is 1.81 bits per heavy atom. The van der Waals surface area contributed by atoms with Crippen molar-refractivity contribution in [2.24, 2.45) is 0 Å². The van der Waals surface area contributed by atoms with Crippen LogP contribution in [0.25, 0.3) is 106 Å². The molecule has 0 unspecified atom stereocenters. The van der Waals surface area contributed by atoms with E-state index in [1.54, 1.807) is 0 Å². The van der Waals surface area contributed by atoms with Crippen molar-refractivity contribution in [2.75, 3.05) is 0 Å². The average molecular weight is 935 g/mol. The van der Waals surface area contributed by atoms with E-state index in [-0.39, 0.29) is 21.1 Å². The standard InChI is InChI=1S/C54H33N3O.Pt/c1-3-11-36(12-4-1)38-20-22-39(23-21-38)42-26-29-51-48(33-42)47-27-24-45(34-52(47)57(51)46-18-10-17-44(32-46)49-19-7-8-30-55-49)54-56-50-28-25-43(35-53(50)58-54)41-16-9-15-40(31-41)37-13-5-2-6-14-37;/h1-31,33,35H;/q-2;+2. The largest absolute Gasteiger partial charge is 2.00 e. The molecule has 8 aromatic carbocycles. The molecule has 0 aliphatic carbocycles. The molecule has 0 spiro atoms. The Morgan fingerprint density at radius 2 is 1.05 bits per heavy atom. The summed E-state index contributed by atoms with van der Waals surface area (Å²) in [7, 11) is 0. The first-order chi connectivity index (χ1) is 28.7. The third-order valence-electron chi connectivity index (χ3n) is 10.9. The van der Waals surface area contributed by atoms with Crippen LogP contribution >= 0.6 is 0 Å². The van der Waals surface area contributed by atoms with Gasteiger partial charge in [-0.3, -0.25) is 4.98 Å². The summed E-state index contributed by atoms with van der Waals surface area (Å²) < 4.78 is 8.77. The van der Waals surface area contributed by atoms with Crippen LogP contribution in [-0.2, 0) is 21.1 Å². The van der Waals surface area contributed by atoms with Gasteiger partial charge < -0.3 is 14.0 Å². The van der Waals surface area contributed by atoms with E-state index in [0.717, 1.165) is 77.7 Å². The van der Waals surface area contributed by atoms with Crippen LogP contribution in [0.5, 0.6) is 0 Å². The van der Waals surface area contributed by atoms with E-state index in [0.29, 0.717) is 5.89 Å². The second-order valence-corrected chi connectivity index (χ2v) is 14.5. The number of hydrogen-bond acceptors (Lipinski definition) is 3. The minimum absolute atomic E-state index is 0. The second-order valence-electron chi connectivity index (χ2n) is 14.5. The maximum atomic E-state index is 6.53. The minimum atomic E-state index is 0. The molecule has 0 atom stereocenters. The Hall–Kier alpha value is -7.13. The van der Waals surface area contributed by atoms with Gasteiger partial charge in [0.05, 0.1) is 5.52 Å². The van der Waals surface area contributed by atoms with Crippen LogP contribution < -0.4 is 0 Å². The molecule has 280 valence electrons. The average Bonchev–Trinajstić information content (AvgIpc) is 3.88. The van der Waals surface area contributed by atoms with Crippen molar-refractivity contribution < 1.29 is 25.5 Å². The molecule has 0 saturated heterocycles. The molecule has 3 heterocycles. The summed E-state index contributed by atoms with van der Waals surface area (Å²) in [6, 6.07) is 75.1. The zero-order chi connectivity index (χ0) is 38.4. The maximum Gasteiger partial charge on any atom is 2.00 e. The van der Waals surface area contributed by atoms with Crippen LogP contribution in [0.2, 0.25) is 0 Å². The van der Waals surface area contributed by atoms with Gasteiger partial charge in [-0.15, -0.1) is 48.0 Å². The third kappa shape index (κ3) is 6.78. The molecular weight excluding hydrogens is 902 g/mol. The Bertz CT molecular complexity index is 3260. The molecule has 0 aliphatic heterocycles. The van der Waals surface area contributed by atoms with Gasteiger partial charge >= 0.3 is 21.1 Å². The quantitative estimate of drug-likeness (QED) is 0.150. The summed E-state index contributed by atoms with van der Waals surface area (Å²) in [6.07, 6.45) is 1.81. The molecule has 0 aliphatic rings. The summed E-state index contributed by atoms with van der Waals surface area (Å²) in [5.74, 6) is 0.523. The van der Waals surface area contributed by atoms with Gasteiger partial charge in [0.25, 0.3) is 0 Å². The molecule has 0 fully saturated rings. The van der Waals surface area contributed by atoms with E-state index in [2.05, 4.69) is 179 Å². The van der Waals surface area contributed by atoms with E-state index in [1.165, 1.54) is 22.3 Å². The Kier molecular flexibility index (Phi) is 9.41. The van der Waals surface area contributed by atoms with E-state index >= 15 is 0 Å². The van der Waals surface area contributed by atoms with Crippen molar-refractivity contribution in [1.29, 1.82) is 0 Å². The predicted molar refractivity (Wildman–Crippen MR) is 236 cm³/mol. The minimum Gasteiger partial charge on any atom is -0.481 e. The summed E-state index contributed by atoms with van der Waals surface area (Å²) in [4.78, 5) is 9.58. The van der Waals surface area contributed by atoms with Crippen LogP contribution in [0.3, 0.4) is 0 Å². The van der Waals surface area contributed by atoms with Crippen LogP contribution in [0.1, 0.15) is 0 Å². The number of fused-ring (bicyclic) bond motifs is 4. The number of benzene rings is 8. The van der Waals surface area contributed by atoms with E-state index < -0.39 is 0 Å². The summed E-state index contributed by atoms with van der Waals surface area (Å²) in [6.45, 7) is 0. The normalized spacial score (nSPS) is 11.3. The Labute approximate surface area is 356 Å². The molecule has 11 rings (SSSR count). The summed E-state index contributed by atoms with van der Waals surface area (Å²) in [5.41, 5.74) is 16.2. The van der Waals surface area contributed by atoms with Gasteiger partial charge in [0, 0.05) is 11.7 Å². The first kappa shape index (κ1) is 36.2. The molecule has 3 aromatic heterocycles. The van der Waals surface area contributed by atoms with Crippen molar-refractivity contribution in [3.8, 4) is 72.9 Å². The molecule has 0 radical (unpaired) electrons. The zero-order valence-corrected chi connectivity index (χ0v) is 33.9. The summed E-state index contributed by atoms with van der Waals surface area (Å²) in [5, 5.41) is 2.20. The molecule has 4 nitrogen and oxygen atoms in total. The first-order valence-electron chi connectivity index (χ1n) is 19.4. The fourth-order valence-electron chi connectivity index (χ4n) is 7.97. The Morgan fingerprint density at radius 1 is 0.441 bits per heavy atom. The van der Waals surface area contributed by atoms with Gasteiger partial charge in [-0.1, -0.05) is 144 Å². The second kappa shape index (κ2) is 15.3. The number of pyridine rings is 1. The number of nitrogens with zero attached hydrogens (tertiary/aromatic N) is 3. The zero-order valence-electron chi connectivity index (χ0n) is 31.6. The number of rotatable bonds is 7. The van der Waals surface area contributed by atoms with E-state index in [9.17, 15) is 0 Å². The summed E-state index contributed by atoms with van der Waals surface area (Å²) >= 11 is 0. The Balaban J connectivity index is 0.00000420. The first-order valence-corrected chi connectivity index (χ1v) is 19.4. The molecule has 11 aromatic rings. The number of aromatic nitrogens is 3. The topological polar surface area (TPSA) is 43.9 Å². The molecule has 5 heteroatoms. The fourth-order valence-corrected chi connectivity index (χ4v) is 7.97. The molecular formula is C54H33N3OPt. The molecule has 0 amide bonds. The van der Waals surface area contributed by atoms with Gasteiger partial charge in [-0.25, -0.2) is 0 Å². The SMILES string of the molecule is [Pt+2].[c-]1c(-c2ccccn2)cccc1-n1c2[c-]c(-c3nc4ccc(-c5cccc(-c6ccccc6)c5)cc4o3)ccc2c2cc(-c3ccc(-c4ccccc4)cc3)ccc21. The monoisotopic (exact) mass is 934 g/mol. The van der Waals surface area contributed by atoms with E-state index in [4.69, 9.17) is 9.40 Å². The third-order valence-corrected chi connectivity index (χ3v) is 10.9. The van der Waals surface area contributed by atoms with Crippen molar-refractivity contribution >= 4 is 32.9 Å². The van der Waals surface area contributed by atoms with Crippen LogP contribution in [0.15, 0.2) is 205 Å². The van der Waals surface area contributed by atoms with E-state index in [1.807, 2.05) is 42.6 Å². The van der Waals surface area contributed by atoms with Crippen LogP contribution in [0, 0.1) is 12.1 Å². The van der Waals surface area contributed by atoms with Crippen molar-refractivity contribution in [1.82, 2.24) is 14.5 Å². The van der Waals surface area contributed by atoms with Gasteiger partial charge in [0.15, 0.2) is 0 Å². The molecule has 0 saturated carbocycles. The molecule has 0 bridgehead atoms. The van der Waals surface area contributed by atoms with Gasteiger partial charge in [0.1, 0.15) is 11.5 Å². The number of hydrogen-bond donors (Lipinski definition) is 0. The fraction of sp³-hybridized carbons (Fsp3) is 0. The van der Waals surface area contributed by atoms with Crippen molar-refractivity contribution in [3.05, 3.63) is 212 Å². The molecule has 59 heavy (non-hydrogen) atoms. The van der Waals surface area contributed by atoms with Gasteiger partial charge in [-0.2, -0.15) is 0 Å². The van der Waals surface area contributed by atoms with Crippen LogP contribution in [-0.4, -0.2) is 14.5 Å². The van der Waals surface area contributed by atoms with Gasteiger partial charge in [0.2, 0.25) is 0 Å². The maximum absolute atomic E-state index is 6.53. The number of oxazole rings is 1. The van der Waals surface area contributed by atoms with Crippen molar-refractivity contribution in [2.45, 2.75) is 0 Å².